The molecule has 0 saturated carbocycles. The Morgan fingerprint density at radius 3 is 2.86 bits per heavy atom. The van der Waals surface area contributed by atoms with Gasteiger partial charge in [0.05, 0.1) is 6.61 Å². The fraction of sp³-hybridized carbons (Fsp3) is 0.364. The van der Waals surface area contributed by atoms with Crippen LogP contribution in [0.3, 0.4) is 0 Å². The molecule has 2 N–H and O–H groups in total. The Morgan fingerprint density at radius 1 is 1.43 bits per heavy atom. The van der Waals surface area contributed by atoms with Crippen LogP contribution in [0.25, 0.3) is 0 Å². The summed E-state index contributed by atoms with van der Waals surface area (Å²) in [5, 5.41) is 0. The van der Waals surface area contributed by atoms with Crippen LogP contribution in [0.15, 0.2) is 24.3 Å². The van der Waals surface area contributed by atoms with E-state index in [1.807, 2.05) is 18.2 Å². The van der Waals surface area contributed by atoms with Crippen molar-refractivity contribution < 1.29 is 9.53 Å². The van der Waals surface area contributed by atoms with Crippen molar-refractivity contribution in [2.24, 2.45) is 5.73 Å². The van der Waals surface area contributed by atoms with Crippen molar-refractivity contribution in [3.05, 3.63) is 35.4 Å². The third-order valence-corrected chi connectivity index (χ3v) is 2.60. The van der Waals surface area contributed by atoms with Crippen LogP contribution in [0.5, 0.6) is 0 Å². The molecule has 0 bridgehead atoms. The van der Waals surface area contributed by atoms with E-state index in [1.54, 1.807) is 6.07 Å². The highest BCUT2D eigenvalue weighted by atomic mass is 16.5. The molecule has 1 fully saturated rings. The average molecular weight is 191 g/mol. The highest BCUT2D eigenvalue weighted by Gasteiger charge is 2.21. The first-order chi connectivity index (χ1) is 6.79. The van der Waals surface area contributed by atoms with Gasteiger partial charge >= 0.3 is 0 Å². The zero-order valence-electron chi connectivity index (χ0n) is 7.90. The number of ether oxygens (including phenoxy) is 1. The lowest BCUT2D eigenvalue weighted by Gasteiger charge is -2.11. The number of amides is 1. The molecule has 1 amide bonds. The van der Waals surface area contributed by atoms with Crippen LogP contribution < -0.4 is 5.73 Å². The fourth-order valence-electron chi connectivity index (χ4n) is 1.86. The molecule has 1 aliphatic heterocycles. The predicted molar refractivity (Wildman–Crippen MR) is 53.1 cm³/mol. The summed E-state index contributed by atoms with van der Waals surface area (Å²) in [7, 11) is 0. The molecule has 1 unspecified atom stereocenters. The largest absolute Gasteiger partial charge is 0.381 e. The number of primary amides is 1. The second-order valence-electron chi connectivity index (χ2n) is 3.51. The van der Waals surface area contributed by atoms with Crippen molar-refractivity contribution in [2.45, 2.75) is 12.3 Å². The number of carbonyl (C=O) groups excluding carboxylic acids is 1. The van der Waals surface area contributed by atoms with Gasteiger partial charge in [0.25, 0.3) is 0 Å². The average Bonchev–Trinajstić information content (AvgIpc) is 2.70. The van der Waals surface area contributed by atoms with Crippen LogP contribution in [-0.4, -0.2) is 19.1 Å². The molecule has 0 aromatic heterocycles. The summed E-state index contributed by atoms with van der Waals surface area (Å²) in [5.41, 5.74) is 6.96. The minimum atomic E-state index is -0.354. The van der Waals surface area contributed by atoms with Crippen LogP contribution >= 0.6 is 0 Å². The monoisotopic (exact) mass is 191 g/mol. The summed E-state index contributed by atoms with van der Waals surface area (Å²) in [6.45, 7) is 1.47. The fourth-order valence-corrected chi connectivity index (χ4v) is 1.86. The van der Waals surface area contributed by atoms with Gasteiger partial charge in [-0.3, -0.25) is 4.79 Å². The van der Waals surface area contributed by atoms with Crippen LogP contribution in [0.2, 0.25) is 0 Å². The van der Waals surface area contributed by atoms with Gasteiger partial charge in [-0.15, -0.1) is 0 Å². The normalized spacial score (nSPS) is 21.0. The lowest BCUT2D eigenvalue weighted by molar-refractivity contribution is 0.0999. The summed E-state index contributed by atoms with van der Waals surface area (Å²) in [4.78, 5) is 11.2. The van der Waals surface area contributed by atoms with Crippen LogP contribution in [0.4, 0.5) is 0 Å². The molecule has 1 aromatic rings. The first kappa shape index (κ1) is 9.21. The van der Waals surface area contributed by atoms with Gasteiger partial charge in [-0.25, -0.2) is 0 Å². The van der Waals surface area contributed by atoms with E-state index < -0.39 is 0 Å². The number of rotatable bonds is 2. The zero-order chi connectivity index (χ0) is 9.97. The SMILES string of the molecule is NC(=O)c1ccccc1C1CCOC1. The van der Waals surface area contributed by atoms with E-state index in [-0.39, 0.29) is 5.91 Å². The minimum Gasteiger partial charge on any atom is -0.381 e. The molecular formula is C11H13NO2. The van der Waals surface area contributed by atoms with Gasteiger partial charge in [-0.05, 0) is 18.1 Å². The second-order valence-corrected chi connectivity index (χ2v) is 3.51. The maximum absolute atomic E-state index is 11.2. The van der Waals surface area contributed by atoms with E-state index in [4.69, 9.17) is 10.5 Å². The van der Waals surface area contributed by atoms with Crippen molar-refractivity contribution in [1.82, 2.24) is 0 Å². The molecular weight excluding hydrogens is 178 g/mol. The Morgan fingerprint density at radius 2 is 2.21 bits per heavy atom. The highest BCUT2D eigenvalue weighted by Crippen LogP contribution is 2.27. The van der Waals surface area contributed by atoms with E-state index in [1.165, 1.54) is 0 Å². The first-order valence-electron chi connectivity index (χ1n) is 4.75. The lowest BCUT2D eigenvalue weighted by atomic mass is 9.93. The van der Waals surface area contributed by atoms with Gasteiger partial charge < -0.3 is 10.5 Å². The van der Waals surface area contributed by atoms with E-state index in [0.717, 1.165) is 18.6 Å². The van der Waals surface area contributed by atoms with E-state index in [9.17, 15) is 4.79 Å². The van der Waals surface area contributed by atoms with Gasteiger partial charge in [0.15, 0.2) is 0 Å². The number of hydrogen-bond acceptors (Lipinski definition) is 2. The topological polar surface area (TPSA) is 52.3 Å². The maximum atomic E-state index is 11.2. The molecule has 0 spiro atoms. The zero-order valence-corrected chi connectivity index (χ0v) is 7.90. The van der Waals surface area contributed by atoms with Gasteiger partial charge in [-0.2, -0.15) is 0 Å². The van der Waals surface area contributed by atoms with Crippen molar-refractivity contribution in [2.75, 3.05) is 13.2 Å². The molecule has 14 heavy (non-hydrogen) atoms. The standard InChI is InChI=1S/C11H13NO2/c12-11(13)10-4-2-1-3-9(10)8-5-6-14-7-8/h1-4,8H,5-7H2,(H2,12,13). The third-order valence-electron chi connectivity index (χ3n) is 2.60. The summed E-state index contributed by atoms with van der Waals surface area (Å²) in [6, 6.07) is 7.49. The summed E-state index contributed by atoms with van der Waals surface area (Å²) < 4.78 is 5.29. The molecule has 1 aliphatic rings. The third kappa shape index (κ3) is 1.63. The number of hydrogen-bond donors (Lipinski definition) is 1. The Hall–Kier alpha value is -1.35. The lowest BCUT2D eigenvalue weighted by Crippen LogP contribution is -2.15. The van der Waals surface area contributed by atoms with Gasteiger partial charge in [0, 0.05) is 18.1 Å². The molecule has 1 atom stereocenters. The van der Waals surface area contributed by atoms with Crippen LogP contribution in [-0.2, 0) is 4.74 Å². The highest BCUT2D eigenvalue weighted by molar-refractivity contribution is 5.94. The summed E-state index contributed by atoms with van der Waals surface area (Å²) in [6.07, 6.45) is 0.976. The Kier molecular flexibility index (Phi) is 2.50. The van der Waals surface area contributed by atoms with Crippen molar-refractivity contribution >= 4 is 5.91 Å². The number of carbonyl (C=O) groups is 1. The molecule has 1 aromatic carbocycles. The molecule has 3 nitrogen and oxygen atoms in total. The maximum Gasteiger partial charge on any atom is 0.248 e. The van der Waals surface area contributed by atoms with Crippen molar-refractivity contribution in [3.63, 3.8) is 0 Å². The van der Waals surface area contributed by atoms with Gasteiger partial charge in [0.1, 0.15) is 0 Å². The molecule has 74 valence electrons. The summed E-state index contributed by atoms with van der Waals surface area (Å²) >= 11 is 0. The van der Waals surface area contributed by atoms with Crippen molar-refractivity contribution in [1.29, 1.82) is 0 Å². The molecule has 2 rings (SSSR count). The van der Waals surface area contributed by atoms with Gasteiger partial charge in [0.2, 0.25) is 5.91 Å². The number of nitrogens with two attached hydrogens (primary N) is 1. The van der Waals surface area contributed by atoms with E-state index in [0.29, 0.717) is 18.1 Å². The Labute approximate surface area is 82.9 Å². The molecule has 3 heteroatoms. The molecule has 1 heterocycles. The Bertz CT molecular complexity index is 343. The molecule has 0 aliphatic carbocycles. The van der Waals surface area contributed by atoms with Crippen molar-refractivity contribution in [3.8, 4) is 0 Å². The van der Waals surface area contributed by atoms with E-state index in [2.05, 4.69) is 0 Å². The molecule has 1 saturated heterocycles. The van der Waals surface area contributed by atoms with Gasteiger partial charge in [-0.1, -0.05) is 18.2 Å². The van der Waals surface area contributed by atoms with Crippen LogP contribution in [0, 0.1) is 0 Å². The van der Waals surface area contributed by atoms with E-state index >= 15 is 0 Å². The van der Waals surface area contributed by atoms with Crippen LogP contribution in [0.1, 0.15) is 28.3 Å². The first-order valence-corrected chi connectivity index (χ1v) is 4.75. The Balaban J connectivity index is 2.35. The minimum absolute atomic E-state index is 0.332. The second kappa shape index (κ2) is 3.80. The smallest absolute Gasteiger partial charge is 0.248 e. The molecule has 0 radical (unpaired) electrons. The summed E-state index contributed by atoms with van der Waals surface area (Å²) in [5.74, 6) is -0.0220. The quantitative estimate of drug-likeness (QED) is 0.765. The predicted octanol–water partition coefficient (Wildman–Crippen LogP) is 1.29. The number of benzene rings is 1.